The first kappa shape index (κ1) is 14.7. The molecule has 0 aliphatic heterocycles. The van der Waals surface area contributed by atoms with Gasteiger partial charge in [-0.05, 0) is 31.0 Å². The number of hydrogen-bond donors (Lipinski definition) is 3. The van der Waals surface area contributed by atoms with Gasteiger partial charge in [-0.3, -0.25) is 0 Å². The lowest BCUT2D eigenvalue weighted by molar-refractivity contribution is 0.237. The highest BCUT2D eigenvalue weighted by atomic mass is 35.5. The Labute approximate surface area is 110 Å². The average molecular weight is 275 g/mol. The van der Waals surface area contributed by atoms with Gasteiger partial charge < -0.3 is 15.7 Å². The van der Waals surface area contributed by atoms with E-state index in [1.54, 1.807) is 0 Å². The molecule has 0 saturated carbocycles. The van der Waals surface area contributed by atoms with Gasteiger partial charge in [-0.25, -0.2) is 9.18 Å². The minimum Gasteiger partial charge on any atom is -0.396 e. The Morgan fingerprint density at radius 2 is 2.28 bits per heavy atom. The first-order valence-corrected chi connectivity index (χ1v) is 6.08. The predicted molar refractivity (Wildman–Crippen MR) is 69.3 cm³/mol. The number of hydrogen-bond acceptors (Lipinski definition) is 2. The summed E-state index contributed by atoms with van der Waals surface area (Å²) in [6, 6.07) is 3.21. The van der Waals surface area contributed by atoms with E-state index in [2.05, 4.69) is 10.6 Å². The van der Waals surface area contributed by atoms with E-state index in [9.17, 15) is 9.18 Å². The maximum absolute atomic E-state index is 12.8. The zero-order valence-corrected chi connectivity index (χ0v) is 10.8. The number of rotatable bonds is 5. The number of carbonyl (C=O) groups is 1. The summed E-state index contributed by atoms with van der Waals surface area (Å²) in [5, 5.41) is 14.2. The summed E-state index contributed by atoms with van der Waals surface area (Å²) in [6.07, 6.45) is 1.20. The number of amides is 2. The topological polar surface area (TPSA) is 61.4 Å². The standard InChI is InChI=1S/C12H16ClFN2O2/c1-2-9(5-6-17)15-12(18)16-11-4-3-8(14)7-10(11)13/h3-4,7,9,17H,2,5-6H2,1H3,(H2,15,16,18). The van der Waals surface area contributed by atoms with E-state index in [-0.39, 0.29) is 17.7 Å². The van der Waals surface area contributed by atoms with Crippen molar-refractivity contribution in [1.29, 1.82) is 0 Å². The molecule has 0 heterocycles. The molecule has 0 aliphatic carbocycles. The second kappa shape index (κ2) is 7.18. The number of anilines is 1. The van der Waals surface area contributed by atoms with Crippen LogP contribution in [-0.4, -0.2) is 23.8 Å². The molecule has 1 atom stereocenters. The number of aliphatic hydroxyl groups is 1. The molecular weight excluding hydrogens is 259 g/mol. The summed E-state index contributed by atoms with van der Waals surface area (Å²) in [5.74, 6) is -0.460. The molecule has 100 valence electrons. The van der Waals surface area contributed by atoms with Crippen LogP contribution in [0.5, 0.6) is 0 Å². The van der Waals surface area contributed by atoms with Crippen LogP contribution in [0.15, 0.2) is 18.2 Å². The molecule has 0 bridgehead atoms. The minimum atomic E-state index is -0.460. The Morgan fingerprint density at radius 3 is 2.83 bits per heavy atom. The molecule has 2 amide bonds. The fourth-order valence-electron chi connectivity index (χ4n) is 1.47. The Morgan fingerprint density at radius 1 is 1.56 bits per heavy atom. The highest BCUT2D eigenvalue weighted by molar-refractivity contribution is 6.33. The number of benzene rings is 1. The van der Waals surface area contributed by atoms with E-state index in [1.807, 2.05) is 6.92 Å². The molecule has 1 unspecified atom stereocenters. The minimum absolute atomic E-state index is 0.0100. The van der Waals surface area contributed by atoms with Gasteiger partial charge in [0.15, 0.2) is 0 Å². The second-order valence-electron chi connectivity index (χ2n) is 3.84. The van der Waals surface area contributed by atoms with E-state index < -0.39 is 11.8 Å². The van der Waals surface area contributed by atoms with Gasteiger partial charge in [-0.15, -0.1) is 0 Å². The molecule has 4 nitrogen and oxygen atoms in total. The quantitative estimate of drug-likeness (QED) is 0.773. The van der Waals surface area contributed by atoms with Crippen LogP contribution in [0, 0.1) is 5.82 Å². The summed E-state index contributed by atoms with van der Waals surface area (Å²) < 4.78 is 12.8. The molecule has 1 aromatic rings. The molecule has 3 N–H and O–H groups in total. The van der Waals surface area contributed by atoms with Crippen LogP contribution in [0.3, 0.4) is 0 Å². The fraction of sp³-hybridized carbons (Fsp3) is 0.417. The highest BCUT2D eigenvalue weighted by Gasteiger charge is 2.11. The van der Waals surface area contributed by atoms with E-state index in [4.69, 9.17) is 16.7 Å². The van der Waals surface area contributed by atoms with Crippen LogP contribution in [0.25, 0.3) is 0 Å². The maximum Gasteiger partial charge on any atom is 0.319 e. The third kappa shape index (κ3) is 4.50. The summed E-state index contributed by atoms with van der Waals surface area (Å²) in [6.45, 7) is 1.92. The summed E-state index contributed by atoms with van der Waals surface area (Å²) in [4.78, 5) is 11.6. The lowest BCUT2D eigenvalue weighted by Gasteiger charge is -2.16. The molecule has 0 saturated heterocycles. The van der Waals surface area contributed by atoms with Crippen molar-refractivity contribution in [3.63, 3.8) is 0 Å². The van der Waals surface area contributed by atoms with Crippen LogP contribution < -0.4 is 10.6 Å². The Kier molecular flexibility index (Phi) is 5.88. The van der Waals surface area contributed by atoms with Crippen molar-refractivity contribution < 1.29 is 14.3 Å². The van der Waals surface area contributed by atoms with Crippen LogP contribution >= 0.6 is 11.6 Å². The molecular formula is C12H16ClFN2O2. The third-order valence-electron chi connectivity index (χ3n) is 2.48. The van der Waals surface area contributed by atoms with Crippen molar-refractivity contribution in [3.05, 3.63) is 29.0 Å². The predicted octanol–water partition coefficient (Wildman–Crippen LogP) is 2.76. The van der Waals surface area contributed by atoms with Gasteiger partial charge >= 0.3 is 6.03 Å². The van der Waals surface area contributed by atoms with Crippen molar-refractivity contribution in [3.8, 4) is 0 Å². The van der Waals surface area contributed by atoms with Gasteiger partial charge in [0.2, 0.25) is 0 Å². The fourth-order valence-corrected chi connectivity index (χ4v) is 1.68. The van der Waals surface area contributed by atoms with Gasteiger partial charge in [-0.2, -0.15) is 0 Å². The van der Waals surface area contributed by atoms with E-state index in [0.29, 0.717) is 18.5 Å². The van der Waals surface area contributed by atoms with E-state index in [1.165, 1.54) is 12.1 Å². The second-order valence-corrected chi connectivity index (χ2v) is 4.25. The molecule has 1 rings (SSSR count). The maximum atomic E-state index is 12.8. The smallest absolute Gasteiger partial charge is 0.319 e. The molecule has 18 heavy (non-hydrogen) atoms. The van der Waals surface area contributed by atoms with Gasteiger partial charge in [0.25, 0.3) is 0 Å². The molecule has 0 radical (unpaired) electrons. The van der Waals surface area contributed by atoms with E-state index in [0.717, 1.165) is 6.07 Å². The Balaban J connectivity index is 2.58. The SMILES string of the molecule is CCC(CCO)NC(=O)Nc1ccc(F)cc1Cl. The first-order chi connectivity index (χ1) is 8.56. The largest absolute Gasteiger partial charge is 0.396 e. The third-order valence-corrected chi connectivity index (χ3v) is 2.80. The van der Waals surface area contributed by atoms with Crippen LogP contribution in [-0.2, 0) is 0 Å². The Hall–Kier alpha value is -1.33. The van der Waals surface area contributed by atoms with E-state index >= 15 is 0 Å². The van der Waals surface area contributed by atoms with Crippen molar-refractivity contribution in [2.24, 2.45) is 0 Å². The lowest BCUT2D eigenvalue weighted by Crippen LogP contribution is -2.38. The molecule has 0 aromatic heterocycles. The zero-order chi connectivity index (χ0) is 13.5. The summed E-state index contributed by atoms with van der Waals surface area (Å²) >= 11 is 5.78. The lowest BCUT2D eigenvalue weighted by atomic mass is 10.2. The van der Waals surface area contributed by atoms with Crippen LogP contribution in [0.4, 0.5) is 14.9 Å². The average Bonchev–Trinajstić information content (AvgIpc) is 2.32. The summed E-state index contributed by atoms with van der Waals surface area (Å²) in [7, 11) is 0. The normalized spacial score (nSPS) is 12.0. The molecule has 0 fully saturated rings. The van der Waals surface area contributed by atoms with Gasteiger partial charge in [-0.1, -0.05) is 18.5 Å². The molecule has 0 aliphatic rings. The number of nitrogens with one attached hydrogen (secondary N) is 2. The number of aliphatic hydroxyl groups excluding tert-OH is 1. The molecule has 6 heteroatoms. The molecule has 1 aromatic carbocycles. The van der Waals surface area contributed by atoms with Crippen LogP contribution in [0.2, 0.25) is 5.02 Å². The van der Waals surface area contributed by atoms with Crippen LogP contribution in [0.1, 0.15) is 19.8 Å². The number of halogens is 2. The van der Waals surface area contributed by atoms with Crippen molar-refractivity contribution in [2.45, 2.75) is 25.8 Å². The van der Waals surface area contributed by atoms with Crippen molar-refractivity contribution in [2.75, 3.05) is 11.9 Å². The summed E-state index contributed by atoms with van der Waals surface area (Å²) in [5.41, 5.74) is 0.342. The van der Waals surface area contributed by atoms with Crippen molar-refractivity contribution in [1.82, 2.24) is 5.32 Å². The number of carbonyl (C=O) groups excluding carboxylic acids is 1. The van der Waals surface area contributed by atoms with Gasteiger partial charge in [0.05, 0.1) is 10.7 Å². The van der Waals surface area contributed by atoms with Gasteiger partial charge in [0.1, 0.15) is 5.82 Å². The monoisotopic (exact) mass is 274 g/mol. The van der Waals surface area contributed by atoms with Gasteiger partial charge in [0, 0.05) is 12.6 Å². The number of urea groups is 1. The highest BCUT2D eigenvalue weighted by Crippen LogP contribution is 2.22. The Bertz CT molecular complexity index is 415. The zero-order valence-electron chi connectivity index (χ0n) is 10.0. The first-order valence-electron chi connectivity index (χ1n) is 5.70. The van der Waals surface area contributed by atoms with Crippen molar-refractivity contribution >= 4 is 23.3 Å². The molecule has 0 spiro atoms.